The number of hydrogen-bond acceptors (Lipinski definition) is 6. The molecule has 42 heavy (non-hydrogen) atoms. The summed E-state index contributed by atoms with van der Waals surface area (Å²) in [7, 11) is 0. The SMILES string of the molecule is CCCCSc1nc2n(n1)C(c1ccc(OCc3c(F)cccc3Cl)cc1)C(C(=O)Nc1cccc(C)c1C)=C(C)N2. The Morgan fingerprint density at radius 2 is 1.88 bits per heavy atom. The fourth-order valence-corrected chi connectivity index (χ4v) is 5.88. The first-order valence-corrected chi connectivity index (χ1v) is 15.2. The Hall–Kier alpha value is -3.82. The highest BCUT2D eigenvalue weighted by molar-refractivity contribution is 7.99. The second kappa shape index (κ2) is 13.0. The van der Waals surface area contributed by atoms with E-state index in [1.807, 2.05) is 51.1 Å². The number of nitrogens with zero attached hydrogens (tertiary/aromatic N) is 3. The van der Waals surface area contributed by atoms with Gasteiger partial charge in [0.2, 0.25) is 11.1 Å². The molecule has 0 spiro atoms. The predicted octanol–water partition coefficient (Wildman–Crippen LogP) is 8.09. The smallest absolute Gasteiger partial charge is 0.255 e. The second-order valence-electron chi connectivity index (χ2n) is 10.2. The van der Waals surface area contributed by atoms with Crippen molar-refractivity contribution in [3.8, 4) is 5.75 Å². The number of anilines is 2. The Labute approximate surface area is 254 Å². The van der Waals surface area contributed by atoms with Crippen molar-refractivity contribution in [3.63, 3.8) is 0 Å². The molecule has 1 aliphatic heterocycles. The van der Waals surface area contributed by atoms with Gasteiger partial charge in [-0.25, -0.2) is 9.07 Å². The Morgan fingerprint density at radius 3 is 2.62 bits per heavy atom. The molecule has 1 unspecified atom stereocenters. The first-order chi connectivity index (χ1) is 20.3. The lowest BCUT2D eigenvalue weighted by molar-refractivity contribution is -0.113. The van der Waals surface area contributed by atoms with Gasteiger partial charge in [0.05, 0.1) is 10.6 Å². The van der Waals surface area contributed by atoms with Crippen molar-refractivity contribution in [1.82, 2.24) is 14.8 Å². The van der Waals surface area contributed by atoms with Crippen molar-refractivity contribution in [3.05, 3.63) is 105 Å². The minimum atomic E-state index is -0.533. The maximum absolute atomic E-state index is 14.2. The number of halogens is 2. The van der Waals surface area contributed by atoms with Gasteiger partial charge in [-0.2, -0.15) is 4.98 Å². The van der Waals surface area contributed by atoms with E-state index in [2.05, 4.69) is 17.6 Å². The van der Waals surface area contributed by atoms with Crippen molar-refractivity contribution in [1.29, 1.82) is 0 Å². The molecule has 5 rings (SSSR count). The zero-order chi connectivity index (χ0) is 29.8. The van der Waals surface area contributed by atoms with Crippen LogP contribution < -0.4 is 15.4 Å². The van der Waals surface area contributed by atoms with Crippen LogP contribution in [0, 0.1) is 19.7 Å². The van der Waals surface area contributed by atoms with Crippen LogP contribution >= 0.6 is 23.4 Å². The third kappa shape index (κ3) is 6.32. The lowest BCUT2D eigenvalue weighted by Crippen LogP contribution is -2.31. The number of thioether (sulfide) groups is 1. The van der Waals surface area contributed by atoms with Crippen LogP contribution in [0.3, 0.4) is 0 Å². The number of aromatic nitrogens is 3. The molecular weight excluding hydrogens is 573 g/mol. The van der Waals surface area contributed by atoms with Crippen molar-refractivity contribution in [2.24, 2.45) is 0 Å². The molecule has 1 amide bonds. The zero-order valence-electron chi connectivity index (χ0n) is 24.0. The fourth-order valence-electron chi connectivity index (χ4n) is 4.75. The average molecular weight is 606 g/mol. The lowest BCUT2D eigenvalue weighted by Gasteiger charge is -2.29. The van der Waals surface area contributed by atoms with E-state index < -0.39 is 11.9 Å². The van der Waals surface area contributed by atoms with Crippen LogP contribution in [0.1, 0.15) is 55.0 Å². The van der Waals surface area contributed by atoms with Gasteiger partial charge in [0.1, 0.15) is 24.2 Å². The van der Waals surface area contributed by atoms with Crippen LogP contribution in [-0.4, -0.2) is 26.4 Å². The van der Waals surface area contributed by atoms with Crippen LogP contribution in [0.2, 0.25) is 5.02 Å². The van der Waals surface area contributed by atoms with Gasteiger partial charge in [0, 0.05) is 22.7 Å². The highest BCUT2D eigenvalue weighted by Gasteiger charge is 2.34. The van der Waals surface area contributed by atoms with Gasteiger partial charge in [-0.1, -0.05) is 67.0 Å². The Bertz CT molecular complexity index is 1620. The summed E-state index contributed by atoms with van der Waals surface area (Å²) in [5.41, 5.74) is 5.22. The second-order valence-corrected chi connectivity index (χ2v) is 11.7. The normalized spacial score (nSPS) is 14.4. The van der Waals surface area contributed by atoms with Crippen molar-refractivity contribution >= 4 is 40.9 Å². The molecule has 0 saturated carbocycles. The van der Waals surface area contributed by atoms with Crippen molar-refractivity contribution < 1.29 is 13.9 Å². The summed E-state index contributed by atoms with van der Waals surface area (Å²) in [4.78, 5) is 18.6. The molecule has 0 saturated heterocycles. The number of benzene rings is 3. The highest BCUT2D eigenvalue weighted by atomic mass is 35.5. The van der Waals surface area contributed by atoms with E-state index in [9.17, 15) is 9.18 Å². The minimum absolute atomic E-state index is 0.00766. The number of hydrogen-bond donors (Lipinski definition) is 2. The lowest BCUT2D eigenvalue weighted by atomic mass is 9.94. The predicted molar refractivity (Wildman–Crippen MR) is 167 cm³/mol. The third-order valence-corrected chi connectivity index (χ3v) is 8.58. The number of allylic oxidation sites excluding steroid dienone is 1. The summed E-state index contributed by atoms with van der Waals surface area (Å²) >= 11 is 7.76. The van der Waals surface area contributed by atoms with E-state index in [0.29, 0.717) is 38.7 Å². The van der Waals surface area contributed by atoms with Crippen LogP contribution in [0.5, 0.6) is 5.75 Å². The number of amides is 1. The van der Waals surface area contributed by atoms with E-state index in [-0.39, 0.29) is 12.5 Å². The Kier molecular flexibility index (Phi) is 9.18. The van der Waals surface area contributed by atoms with E-state index in [0.717, 1.165) is 41.0 Å². The molecule has 0 radical (unpaired) electrons. The number of rotatable bonds is 10. The van der Waals surface area contributed by atoms with Gasteiger partial charge >= 0.3 is 0 Å². The molecule has 218 valence electrons. The number of unbranched alkanes of at least 4 members (excludes halogenated alkanes) is 1. The molecule has 1 aliphatic rings. The van der Waals surface area contributed by atoms with Crippen LogP contribution in [0.25, 0.3) is 0 Å². The van der Waals surface area contributed by atoms with E-state index >= 15 is 0 Å². The number of aryl methyl sites for hydroxylation is 1. The fraction of sp³-hybridized carbons (Fsp3) is 0.281. The first kappa shape index (κ1) is 29.7. The van der Waals surface area contributed by atoms with E-state index in [1.165, 1.54) is 6.07 Å². The highest BCUT2D eigenvalue weighted by Crippen LogP contribution is 2.37. The molecule has 0 aliphatic carbocycles. The van der Waals surface area contributed by atoms with Gasteiger partial charge < -0.3 is 15.4 Å². The summed E-state index contributed by atoms with van der Waals surface area (Å²) in [6.07, 6.45) is 2.15. The quantitative estimate of drug-likeness (QED) is 0.140. The largest absolute Gasteiger partial charge is 0.489 e. The summed E-state index contributed by atoms with van der Waals surface area (Å²) in [6, 6.07) is 17.2. The standard InChI is InChI=1S/C32H33ClFN5O2S/c1-5-6-17-42-32-37-31-35-21(4)28(30(40)36-27-12-7-9-19(2)20(27)3)29(39(31)38-32)22-13-15-23(16-14-22)41-18-24-25(33)10-8-11-26(24)34/h7-16,29H,5-6,17-18H2,1-4H3,(H,36,40)(H,35,37,38). The molecule has 1 aromatic heterocycles. The molecule has 2 N–H and O–H groups in total. The van der Waals surface area contributed by atoms with Gasteiger partial charge in [-0.15, -0.1) is 5.10 Å². The number of fused-ring (bicyclic) bond motifs is 1. The molecule has 2 heterocycles. The van der Waals surface area contributed by atoms with Crippen LogP contribution in [0.15, 0.2) is 77.1 Å². The maximum atomic E-state index is 14.2. The maximum Gasteiger partial charge on any atom is 0.255 e. The molecule has 10 heteroatoms. The van der Waals surface area contributed by atoms with Gasteiger partial charge in [0.25, 0.3) is 5.91 Å². The molecule has 0 bridgehead atoms. The number of ether oxygens (including phenoxy) is 1. The summed E-state index contributed by atoms with van der Waals surface area (Å²) in [5.74, 6) is 1.39. The molecule has 7 nitrogen and oxygen atoms in total. The third-order valence-electron chi connectivity index (χ3n) is 7.30. The molecule has 3 aromatic carbocycles. The first-order valence-electron chi connectivity index (χ1n) is 13.9. The topological polar surface area (TPSA) is 81.1 Å². The van der Waals surface area contributed by atoms with Gasteiger partial charge in [0.15, 0.2) is 0 Å². The Balaban J connectivity index is 1.46. The molecule has 0 fully saturated rings. The van der Waals surface area contributed by atoms with Gasteiger partial charge in [-0.3, -0.25) is 4.79 Å². The molecule has 1 atom stereocenters. The summed E-state index contributed by atoms with van der Waals surface area (Å²) < 4.78 is 21.9. The van der Waals surface area contributed by atoms with Crippen LogP contribution in [-0.2, 0) is 11.4 Å². The minimum Gasteiger partial charge on any atom is -0.489 e. The number of nitrogens with one attached hydrogen (secondary N) is 2. The van der Waals surface area contributed by atoms with Crippen LogP contribution in [0.4, 0.5) is 16.0 Å². The van der Waals surface area contributed by atoms with Gasteiger partial charge in [-0.05, 0) is 74.2 Å². The summed E-state index contributed by atoms with van der Waals surface area (Å²) in [6.45, 7) is 8.03. The Morgan fingerprint density at radius 1 is 1.12 bits per heavy atom. The van der Waals surface area contributed by atoms with E-state index in [4.69, 9.17) is 26.4 Å². The average Bonchev–Trinajstić information content (AvgIpc) is 3.37. The summed E-state index contributed by atoms with van der Waals surface area (Å²) in [5, 5.41) is 12.2. The molecule has 4 aromatic rings. The number of carbonyl (C=O) groups is 1. The number of carbonyl (C=O) groups excluding carboxylic acids is 1. The van der Waals surface area contributed by atoms with E-state index in [1.54, 1.807) is 40.7 Å². The monoisotopic (exact) mass is 605 g/mol. The van der Waals surface area contributed by atoms with Crippen molar-refractivity contribution in [2.75, 3.05) is 16.4 Å². The van der Waals surface area contributed by atoms with Crippen molar-refractivity contribution in [2.45, 2.75) is 58.3 Å². The molecular formula is C32H33ClFN5O2S. The zero-order valence-corrected chi connectivity index (χ0v) is 25.6.